The average molecular weight is 515 g/mol. The van der Waals surface area contributed by atoms with Crippen LogP contribution in [-0.2, 0) is 0 Å². The van der Waals surface area contributed by atoms with Gasteiger partial charge in [0.05, 0.1) is 19.3 Å². The Kier molecular flexibility index (Phi) is 7.54. The first-order valence-corrected chi connectivity index (χ1v) is 12.8. The number of hydrogen-bond acceptors (Lipinski definition) is 9. The Labute approximate surface area is 221 Å². The lowest BCUT2D eigenvalue weighted by atomic mass is 9.97. The lowest BCUT2D eigenvalue weighted by Crippen LogP contribution is -2.39. The zero-order valence-corrected chi connectivity index (χ0v) is 21.3. The standard InChI is InChI=1S/C28H30N6O4/c1-37-23-11-21(12-24(13-23)38-16-19-2-3-19)27(36)30-15-18-6-8-34(9-7-18)28-32-17-31-26(33-28)20-4-5-25(35)22(10-20)14-29/h4-5,10-13,17-19,35H,2-3,6-9,15-16H2,1H3,(H,30,36). The van der Waals surface area contributed by atoms with Gasteiger partial charge in [-0.15, -0.1) is 0 Å². The van der Waals surface area contributed by atoms with Gasteiger partial charge >= 0.3 is 0 Å². The van der Waals surface area contributed by atoms with Crippen LogP contribution in [0.2, 0.25) is 0 Å². The third kappa shape index (κ3) is 6.11. The summed E-state index contributed by atoms with van der Waals surface area (Å²) in [6, 6.07) is 12.0. The Morgan fingerprint density at radius 1 is 1.11 bits per heavy atom. The lowest BCUT2D eigenvalue weighted by Gasteiger charge is -2.32. The van der Waals surface area contributed by atoms with Crippen molar-refractivity contribution >= 4 is 11.9 Å². The molecule has 0 spiro atoms. The van der Waals surface area contributed by atoms with Crippen LogP contribution in [0.4, 0.5) is 5.95 Å². The van der Waals surface area contributed by atoms with Crippen molar-refractivity contribution < 1.29 is 19.4 Å². The zero-order chi connectivity index (χ0) is 26.5. The molecule has 1 aliphatic carbocycles. The van der Waals surface area contributed by atoms with E-state index in [9.17, 15) is 15.2 Å². The third-order valence-electron chi connectivity index (χ3n) is 6.94. The Bertz CT molecular complexity index is 1350. The molecule has 1 aromatic heterocycles. The highest BCUT2D eigenvalue weighted by atomic mass is 16.5. The number of piperidine rings is 1. The average Bonchev–Trinajstić information content (AvgIpc) is 3.80. The van der Waals surface area contributed by atoms with Crippen molar-refractivity contribution in [3.05, 3.63) is 53.9 Å². The minimum Gasteiger partial charge on any atom is -0.507 e. The van der Waals surface area contributed by atoms with Gasteiger partial charge in [-0.2, -0.15) is 10.2 Å². The summed E-state index contributed by atoms with van der Waals surface area (Å²) in [6.07, 6.45) is 5.62. The van der Waals surface area contributed by atoms with E-state index in [4.69, 9.17) is 9.47 Å². The molecular weight excluding hydrogens is 484 g/mol. The van der Waals surface area contributed by atoms with E-state index in [-0.39, 0.29) is 17.2 Å². The molecule has 2 aromatic carbocycles. The number of hydrogen-bond donors (Lipinski definition) is 2. The molecule has 0 atom stereocenters. The van der Waals surface area contributed by atoms with E-state index in [0.717, 1.165) is 25.9 Å². The normalized spacial score (nSPS) is 15.5. The second-order valence-electron chi connectivity index (χ2n) is 9.74. The molecule has 1 aliphatic heterocycles. The van der Waals surface area contributed by atoms with Crippen LogP contribution in [0.3, 0.4) is 0 Å². The van der Waals surface area contributed by atoms with Gasteiger partial charge in [0, 0.05) is 36.8 Å². The Morgan fingerprint density at radius 3 is 2.63 bits per heavy atom. The zero-order valence-electron chi connectivity index (χ0n) is 21.3. The van der Waals surface area contributed by atoms with Crippen molar-refractivity contribution in [2.45, 2.75) is 25.7 Å². The molecule has 2 aliphatic rings. The number of aromatic hydroxyl groups is 1. The highest BCUT2D eigenvalue weighted by Gasteiger charge is 2.24. The van der Waals surface area contributed by atoms with Crippen LogP contribution < -0.4 is 19.7 Å². The fourth-order valence-corrected chi connectivity index (χ4v) is 4.42. The van der Waals surface area contributed by atoms with Crippen LogP contribution in [0, 0.1) is 23.2 Å². The van der Waals surface area contributed by atoms with Crippen LogP contribution in [0.1, 0.15) is 41.6 Å². The third-order valence-corrected chi connectivity index (χ3v) is 6.94. The molecule has 0 bridgehead atoms. The van der Waals surface area contributed by atoms with Crippen molar-refractivity contribution in [3.8, 4) is 34.7 Å². The molecule has 5 rings (SSSR count). The highest BCUT2D eigenvalue weighted by Crippen LogP contribution is 2.31. The maximum atomic E-state index is 12.9. The summed E-state index contributed by atoms with van der Waals surface area (Å²) in [5.41, 5.74) is 1.33. The minimum atomic E-state index is -0.143. The van der Waals surface area contributed by atoms with Gasteiger partial charge in [-0.05, 0) is 67.9 Å². The van der Waals surface area contributed by atoms with E-state index in [1.54, 1.807) is 31.4 Å². The molecule has 0 unspecified atom stereocenters. The number of methoxy groups -OCH3 is 1. The summed E-state index contributed by atoms with van der Waals surface area (Å²) in [7, 11) is 1.58. The number of anilines is 1. The summed E-state index contributed by atoms with van der Waals surface area (Å²) in [6.45, 7) is 2.75. The molecule has 10 heteroatoms. The topological polar surface area (TPSA) is 133 Å². The molecular formula is C28H30N6O4. The number of benzene rings is 2. The first-order chi connectivity index (χ1) is 18.5. The Balaban J connectivity index is 1.15. The number of nitrogens with one attached hydrogen (secondary N) is 1. The van der Waals surface area contributed by atoms with Gasteiger partial charge in [-0.1, -0.05) is 0 Å². The number of nitriles is 1. The number of aromatic nitrogens is 3. The number of phenolic OH excluding ortho intramolecular Hbond substituents is 1. The van der Waals surface area contributed by atoms with Gasteiger partial charge in [0.2, 0.25) is 5.95 Å². The number of carbonyl (C=O) groups excluding carboxylic acids is 1. The lowest BCUT2D eigenvalue weighted by molar-refractivity contribution is 0.0944. The fraction of sp³-hybridized carbons (Fsp3) is 0.393. The largest absolute Gasteiger partial charge is 0.507 e. The summed E-state index contributed by atoms with van der Waals surface area (Å²) in [5, 5.41) is 22.0. The predicted octanol–water partition coefficient (Wildman–Crippen LogP) is 3.56. The van der Waals surface area contributed by atoms with E-state index in [1.807, 2.05) is 12.1 Å². The van der Waals surface area contributed by atoms with Crippen molar-refractivity contribution in [1.29, 1.82) is 5.26 Å². The molecule has 10 nitrogen and oxygen atoms in total. The van der Waals surface area contributed by atoms with Crippen LogP contribution in [0.15, 0.2) is 42.7 Å². The molecule has 2 heterocycles. The van der Waals surface area contributed by atoms with Gasteiger partial charge in [0.25, 0.3) is 5.91 Å². The maximum Gasteiger partial charge on any atom is 0.251 e. The van der Waals surface area contributed by atoms with Crippen molar-refractivity contribution in [2.24, 2.45) is 11.8 Å². The summed E-state index contributed by atoms with van der Waals surface area (Å²) >= 11 is 0. The maximum absolute atomic E-state index is 12.9. The summed E-state index contributed by atoms with van der Waals surface area (Å²) in [5.74, 6) is 3.01. The predicted molar refractivity (Wildman–Crippen MR) is 140 cm³/mol. The first kappa shape index (κ1) is 25.3. The number of carbonyl (C=O) groups is 1. The van der Waals surface area contributed by atoms with Crippen molar-refractivity contribution in [2.75, 3.05) is 38.3 Å². The van der Waals surface area contributed by atoms with Crippen LogP contribution in [-0.4, -0.2) is 59.3 Å². The SMILES string of the molecule is COc1cc(OCC2CC2)cc(C(=O)NCC2CCN(c3ncnc(-c4ccc(O)c(C#N)c4)n3)CC2)c1. The molecule has 2 N–H and O–H groups in total. The van der Waals surface area contributed by atoms with E-state index in [0.29, 0.717) is 59.4 Å². The molecule has 1 amide bonds. The van der Waals surface area contributed by atoms with Gasteiger partial charge in [0.1, 0.15) is 29.6 Å². The number of nitrogens with zero attached hydrogens (tertiary/aromatic N) is 5. The van der Waals surface area contributed by atoms with Gasteiger partial charge < -0.3 is 24.8 Å². The molecule has 0 radical (unpaired) electrons. The number of ether oxygens (including phenoxy) is 2. The first-order valence-electron chi connectivity index (χ1n) is 12.8. The fourth-order valence-electron chi connectivity index (χ4n) is 4.42. The van der Waals surface area contributed by atoms with Crippen molar-refractivity contribution in [1.82, 2.24) is 20.3 Å². The molecule has 2 fully saturated rings. The highest BCUT2D eigenvalue weighted by molar-refractivity contribution is 5.95. The Hall–Kier alpha value is -4.39. The molecule has 38 heavy (non-hydrogen) atoms. The second kappa shape index (κ2) is 11.3. The van der Waals surface area contributed by atoms with E-state index in [1.165, 1.54) is 25.2 Å². The van der Waals surface area contributed by atoms with Gasteiger partial charge in [0.15, 0.2) is 5.82 Å². The number of rotatable bonds is 9. The number of amides is 1. The van der Waals surface area contributed by atoms with E-state index < -0.39 is 0 Å². The molecule has 1 saturated carbocycles. The summed E-state index contributed by atoms with van der Waals surface area (Å²) < 4.78 is 11.2. The van der Waals surface area contributed by atoms with Crippen molar-refractivity contribution in [3.63, 3.8) is 0 Å². The van der Waals surface area contributed by atoms with Gasteiger partial charge in [-0.3, -0.25) is 4.79 Å². The van der Waals surface area contributed by atoms with E-state index in [2.05, 4.69) is 25.2 Å². The smallest absolute Gasteiger partial charge is 0.251 e. The number of phenols is 1. The molecule has 3 aromatic rings. The van der Waals surface area contributed by atoms with Crippen LogP contribution >= 0.6 is 0 Å². The molecule has 1 saturated heterocycles. The van der Waals surface area contributed by atoms with Gasteiger partial charge in [-0.25, -0.2) is 9.97 Å². The van der Waals surface area contributed by atoms with Crippen LogP contribution in [0.25, 0.3) is 11.4 Å². The molecule has 196 valence electrons. The summed E-state index contributed by atoms with van der Waals surface area (Å²) in [4.78, 5) is 28.1. The Morgan fingerprint density at radius 2 is 1.89 bits per heavy atom. The van der Waals surface area contributed by atoms with E-state index >= 15 is 0 Å². The monoisotopic (exact) mass is 514 g/mol. The quantitative estimate of drug-likeness (QED) is 0.440. The second-order valence-corrected chi connectivity index (χ2v) is 9.74. The van der Waals surface area contributed by atoms with Crippen LogP contribution in [0.5, 0.6) is 17.2 Å². The minimum absolute atomic E-state index is 0.0755.